The van der Waals surface area contributed by atoms with E-state index in [9.17, 15) is 4.79 Å². The monoisotopic (exact) mass is 229 g/mol. The molecule has 2 unspecified atom stereocenters. The van der Waals surface area contributed by atoms with E-state index >= 15 is 0 Å². The molecule has 15 heavy (non-hydrogen) atoms. The molecule has 0 amide bonds. The highest BCUT2D eigenvalue weighted by Gasteiger charge is 2.23. The van der Waals surface area contributed by atoms with Crippen LogP contribution in [0.1, 0.15) is 26.2 Å². The molecular weight excluding hydrogens is 210 g/mol. The largest absolute Gasteiger partial charge is 0.466 e. The molecule has 1 aliphatic rings. The second-order valence-corrected chi connectivity index (χ2v) is 5.19. The van der Waals surface area contributed by atoms with Crippen LogP contribution in [0.3, 0.4) is 0 Å². The van der Waals surface area contributed by atoms with Crippen molar-refractivity contribution in [3.63, 3.8) is 0 Å². The average Bonchev–Trinajstić information content (AvgIpc) is 2.66. The Morgan fingerprint density at radius 3 is 3.07 bits per heavy atom. The zero-order chi connectivity index (χ0) is 11.1. The molecule has 0 saturated heterocycles. The highest BCUT2D eigenvalue weighted by molar-refractivity contribution is 7.99. The molecule has 0 aromatic heterocycles. The number of nitrogens with one attached hydrogen (secondary N) is 1. The van der Waals surface area contributed by atoms with E-state index in [0.717, 1.165) is 5.25 Å². The van der Waals surface area contributed by atoms with Crippen LogP contribution < -0.4 is 5.32 Å². The summed E-state index contributed by atoms with van der Waals surface area (Å²) in [4.78, 5) is 10.8. The van der Waals surface area contributed by atoms with Gasteiger partial charge < -0.3 is 10.1 Å². The molecule has 86 valence electrons. The van der Waals surface area contributed by atoms with Crippen LogP contribution in [0.5, 0.6) is 0 Å². The topological polar surface area (TPSA) is 38.3 Å². The molecule has 0 aromatic carbocycles. The van der Waals surface area contributed by atoms with Crippen molar-refractivity contribution in [2.45, 2.75) is 37.5 Å². The van der Waals surface area contributed by atoms with Crippen LogP contribution in [0.15, 0.2) is 12.3 Å². The summed E-state index contributed by atoms with van der Waals surface area (Å²) in [6.45, 7) is 2.20. The normalized spacial score (nSPS) is 25.7. The first-order valence-corrected chi connectivity index (χ1v) is 6.43. The third-order valence-corrected chi connectivity index (χ3v) is 3.77. The standard InChI is InChI=1S/C11H19NO2S/c1-3-15-10-5-4-9(8-10)12-7-6-11(13)14-2/h6-7,9-10,12H,3-5,8H2,1-2H3/b7-6+. The van der Waals surface area contributed by atoms with Gasteiger partial charge in [0.05, 0.1) is 7.11 Å². The van der Waals surface area contributed by atoms with Crippen LogP contribution in [-0.2, 0) is 9.53 Å². The Balaban J connectivity index is 2.18. The maximum absolute atomic E-state index is 10.8. The van der Waals surface area contributed by atoms with E-state index in [4.69, 9.17) is 0 Å². The number of hydrogen-bond acceptors (Lipinski definition) is 4. The molecular formula is C11H19NO2S. The second kappa shape index (κ2) is 6.77. The molecule has 0 aromatic rings. The number of methoxy groups -OCH3 is 1. The van der Waals surface area contributed by atoms with Crippen molar-refractivity contribution in [2.75, 3.05) is 12.9 Å². The van der Waals surface area contributed by atoms with E-state index in [1.54, 1.807) is 6.20 Å². The zero-order valence-corrected chi connectivity index (χ0v) is 10.2. The number of hydrogen-bond donors (Lipinski definition) is 1. The number of rotatable bonds is 5. The predicted octanol–water partition coefficient (Wildman–Crippen LogP) is 1.94. The smallest absolute Gasteiger partial charge is 0.331 e. The molecule has 3 nitrogen and oxygen atoms in total. The van der Waals surface area contributed by atoms with Crippen molar-refractivity contribution in [1.29, 1.82) is 0 Å². The van der Waals surface area contributed by atoms with Gasteiger partial charge in [0, 0.05) is 23.6 Å². The van der Waals surface area contributed by atoms with Gasteiger partial charge in [0.25, 0.3) is 0 Å². The van der Waals surface area contributed by atoms with Crippen molar-refractivity contribution in [3.8, 4) is 0 Å². The van der Waals surface area contributed by atoms with E-state index in [0.29, 0.717) is 6.04 Å². The summed E-state index contributed by atoms with van der Waals surface area (Å²) in [5.41, 5.74) is 0. The third-order valence-electron chi connectivity index (χ3n) is 2.54. The molecule has 0 spiro atoms. The minimum atomic E-state index is -0.306. The first kappa shape index (κ1) is 12.4. The van der Waals surface area contributed by atoms with Crippen molar-refractivity contribution >= 4 is 17.7 Å². The number of esters is 1. The SMILES string of the molecule is CCSC1CCC(N/C=C/C(=O)OC)C1. The lowest BCUT2D eigenvalue weighted by molar-refractivity contribution is -0.134. The Kier molecular flexibility index (Phi) is 5.61. The lowest BCUT2D eigenvalue weighted by Crippen LogP contribution is -2.21. The molecule has 0 bridgehead atoms. The Labute approximate surface area is 95.6 Å². The van der Waals surface area contributed by atoms with Crippen LogP contribution in [0.25, 0.3) is 0 Å². The van der Waals surface area contributed by atoms with E-state index in [1.807, 2.05) is 11.8 Å². The molecule has 1 aliphatic carbocycles. The molecule has 0 aliphatic heterocycles. The van der Waals surface area contributed by atoms with E-state index in [2.05, 4.69) is 17.0 Å². The van der Waals surface area contributed by atoms with Gasteiger partial charge in [0.1, 0.15) is 0 Å². The van der Waals surface area contributed by atoms with Crippen LogP contribution in [0, 0.1) is 0 Å². The van der Waals surface area contributed by atoms with Crippen LogP contribution in [0.4, 0.5) is 0 Å². The van der Waals surface area contributed by atoms with Gasteiger partial charge in [-0.1, -0.05) is 6.92 Å². The first-order chi connectivity index (χ1) is 7.26. The zero-order valence-electron chi connectivity index (χ0n) is 9.36. The molecule has 0 heterocycles. The molecule has 1 saturated carbocycles. The van der Waals surface area contributed by atoms with Crippen LogP contribution >= 0.6 is 11.8 Å². The highest BCUT2D eigenvalue weighted by Crippen LogP contribution is 2.29. The van der Waals surface area contributed by atoms with E-state index in [1.165, 1.54) is 38.2 Å². The summed E-state index contributed by atoms with van der Waals surface area (Å²) in [5.74, 6) is 0.884. The van der Waals surface area contributed by atoms with Crippen molar-refractivity contribution in [1.82, 2.24) is 5.32 Å². The first-order valence-electron chi connectivity index (χ1n) is 5.38. The van der Waals surface area contributed by atoms with Gasteiger partial charge in [-0.05, 0) is 25.0 Å². The summed E-state index contributed by atoms with van der Waals surface area (Å²) < 4.78 is 4.50. The fourth-order valence-electron chi connectivity index (χ4n) is 1.80. The third kappa shape index (κ3) is 4.60. The van der Waals surface area contributed by atoms with Crippen molar-refractivity contribution in [2.24, 2.45) is 0 Å². The Bertz CT molecular complexity index is 231. The van der Waals surface area contributed by atoms with Gasteiger partial charge in [-0.15, -0.1) is 0 Å². The second-order valence-electron chi connectivity index (χ2n) is 3.61. The fourth-order valence-corrected chi connectivity index (χ4v) is 2.94. The Morgan fingerprint density at radius 2 is 2.40 bits per heavy atom. The average molecular weight is 229 g/mol. The van der Waals surface area contributed by atoms with Gasteiger partial charge in [0.2, 0.25) is 0 Å². The van der Waals surface area contributed by atoms with E-state index < -0.39 is 0 Å². The minimum Gasteiger partial charge on any atom is -0.466 e. The maximum atomic E-state index is 10.8. The quantitative estimate of drug-likeness (QED) is 0.577. The molecule has 1 fully saturated rings. The molecule has 0 radical (unpaired) electrons. The van der Waals surface area contributed by atoms with Crippen molar-refractivity contribution in [3.05, 3.63) is 12.3 Å². The fraction of sp³-hybridized carbons (Fsp3) is 0.727. The van der Waals surface area contributed by atoms with Gasteiger partial charge in [0.15, 0.2) is 0 Å². The van der Waals surface area contributed by atoms with Gasteiger partial charge in [-0.3, -0.25) is 0 Å². The number of ether oxygens (including phenoxy) is 1. The summed E-state index contributed by atoms with van der Waals surface area (Å²) >= 11 is 2.03. The lowest BCUT2D eigenvalue weighted by atomic mass is 10.2. The van der Waals surface area contributed by atoms with E-state index in [-0.39, 0.29) is 5.97 Å². The molecule has 4 heteroatoms. The van der Waals surface area contributed by atoms with Crippen LogP contribution in [-0.4, -0.2) is 30.1 Å². The Morgan fingerprint density at radius 1 is 1.60 bits per heavy atom. The minimum absolute atomic E-state index is 0.306. The number of thioether (sulfide) groups is 1. The van der Waals surface area contributed by atoms with Crippen molar-refractivity contribution < 1.29 is 9.53 Å². The summed E-state index contributed by atoms with van der Waals surface area (Å²) in [6, 6.07) is 0.523. The Hall–Kier alpha value is -0.640. The van der Waals surface area contributed by atoms with Gasteiger partial charge in [-0.2, -0.15) is 11.8 Å². The summed E-state index contributed by atoms with van der Waals surface area (Å²) in [6.07, 6.45) is 6.81. The summed E-state index contributed by atoms with van der Waals surface area (Å²) in [5, 5.41) is 4.03. The molecule has 1 N–H and O–H groups in total. The maximum Gasteiger partial charge on any atom is 0.331 e. The van der Waals surface area contributed by atoms with Crippen LogP contribution in [0.2, 0.25) is 0 Å². The predicted molar refractivity (Wildman–Crippen MR) is 63.9 cm³/mol. The number of carbonyl (C=O) groups excluding carboxylic acids is 1. The van der Waals surface area contributed by atoms with Gasteiger partial charge in [-0.25, -0.2) is 4.79 Å². The highest BCUT2D eigenvalue weighted by atomic mass is 32.2. The molecule has 1 rings (SSSR count). The number of carbonyl (C=O) groups is 1. The van der Waals surface area contributed by atoms with Gasteiger partial charge >= 0.3 is 5.97 Å². The summed E-state index contributed by atoms with van der Waals surface area (Å²) in [7, 11) is 1.39. The molecule has 2 atom stereocenters. The lowest BCUT2D eigenvalue weighted by Gasteiger charge is -2.10.